The lowest BCUT2D eigenvalue weighted by Crippen LogP contribution is -2.23. The SMILES string of the molecule is C=[N+]1[CH-]C=[N+](S(C)(=O)=O)[C-]1C. The standard InChI is InChI=1S/C6H10N2O2S/c1-6-7(2)4-5-8(6)11(3,9)10/h4-5H,2H2,1,3H3. The zero-order valence-corrected chi connectivity index (χ0v) is 7.30. The lowest BCUT2D eigenvalue weighted by Gasteiger charge is -2.10. The molecule has 1 aliphatic heterocycles. The molecule has 0 N–H and O–H groups in total. The fourth-order valence-corrected chi connectivity index (χ4v) is 1.69. The number of sulfonamides is 1. The van der Waals surface area contributed by atoms with Crippen LogP contribution in [0.15, 0.2) is 0 Å². The molecular formula is C6H10N2O2S. The first-order valence-corrected chi connectivity index (χ1v) is 4.89. The third-order valence-electron chi connectivity index (χ3n) is 1.47. The minimum absolute atomic E-state index is 0.590. The second-order valence-corrected chi connectivity index (χ2v) is 4.23. The summed E-state index contributed by atoms with van der Waals surface area (Å²) in [7, 11) is -3.16. The summed E-state index contributed by atoms with van der Waals surface area (Å²) >= 11 is 0. The van der Waals surface area contributed by atoms with Gasteiger partial charge in [-0.15, -0.1) is 0 Å². The summed E-state index contributed by atoms with van der Waals surface area (Å²) in [4.78, 5) is 0. The van der Waals surface area contributed by atoms with Crippen molar-refractivity contribution in [3.8, 4) is 0 Å². The molecule has 1 aliphatic rings. The van der Waals surface area contributed by atoms with E-state index < -0.39 is 10.0 Å². The number of hydrogen-bond acceptors (Lipinski definition) is 2. The Morgan fingerprint density at radius 3 is 2.36 bits per heavy atom. The second-order valence-electron chi connectivity index (χ2n) is 2.37. The van der Waals surface area contributed by atoms with Gasteiger partial charge in [-0.25, -0.2) is 0 Å². The van der Waals surface area contributed by atoms with Crippen molar-refractivity contribution in [3.05, 3.63) is 12.7 Å². The molecule has 62 valence electrons. The van der Waals surface area contributed by atoms with Gasteiger partial charge in [0, 0.05) is 6.54 Å². The van der Waals surface area contributed by atoms with Crippen LogP contribution in [-0.4, -0.2) is 36.2 Å². The normalized spacial score (nSPS) is 18.2. The van der Waals surface area contributed by atoms with Crippen molar-refractivity contribution < 1.29 is 17.0 Å². The van der Waals surface area contributed by atoms with Gasteiger partial charge in [0.2, 0.25) is 6.17 Å². The van der Waals surface area contributed by atoms with Crippen LogP contribution < -0.4 is 0 Å². The van der Waals surface area contributed by atoms with Crippen LogP contribution in [0.25, 0.3) is 0 Å². The zero-order chi connectivity index (χ0) is 8.65. The Labute approximate surface area is 66.5 Å². The lowest BCUT2D eigenvalue weighted by atomic mass is 10.6. The van der Waals surface area contributed by atoms with E-state index in [9.17, 15) is 8.42 Å². The van der Waals surface area contributed by atoms with Gasteiger partial charge in [0.15, 0.2) is 0 Å². The van der Waals surface area contributed by atoms with E-state index in [-0.39, 0.29) is 0 Å². The minimum atomic E-state index is -3.16. The second kappa shape index (κ2) is 2.27. The predicted molar refractivity (Wildman–Crippen MR) is 41.8 cm³/mol. The molecule has 1 heterocycles. The molecule has 0 atom stereocenters. The van der Waals surface area contributed by atoms with Crippen molar-refractivity contribution in [2.75, 3.05) is 6.26 Å². The van der Waals surface area contributed by atoms with E-state index in [4.69, 9.17) is 0 Å². The van der Waals surface area contributed by atoms with Crippen LogP contribution in [0.2, 0.25) is 0 Å². The topological polar surface area (TPSA) is 40.2 Å². The van der Waals surface area contributed by atoms with Gasteiger partial charge in [0.05, 0.1) is 6.26 Å². The first-order valence-electron chi connectivity index (χ1n) is 3.04. The van der Waals surface area contributed by atoms with Crippen molar-refractivity contribution in [1.82, 2.24) is 0 Å². The number of hydrogen-bond donors (Lipinski definition) is 0. The van der Waals surface area contributed by atoms with E-state index in [1.54, 1.807) is 13.5 Å². The van der Waals surface area contributed by atoms with E-state index in [0.717, 1.165) is 6.26 Å². The summed E-state index contributed by atoms with van der Waals surface area (Å²) in [5.41, 5.74) is 0. The highest BCUT2D eigenvalue weighted by Crippen LogP contribution is 2.11. The molecule has 11 heavy (non-hydrogen) atoms. The zero-order valence-electron chi connectivity index (χ0n) is 6.48. The molecule has 0 radical (unpaired) electrons. The smallest absolute Gasteiger partial charge is 0.349 e. The summed E-state index contributed by atoms with van der Waals surface area (Å²) in [6.45, 7) is 6.87. The van der Waals surface area contributed by atoms with Crippen LogP contribution in [0.3, 0.4) is 0 Å². The molecular weight excluding hydrogens is 164 g/mol. The third-order valence-corrected chi connectivity index (χ3v) is 2.57. The maximum atomic E-state index is 11.0. The molecule has 0 spiro atoms. The van der Waals surface area contributed by atoms with Gasteiger partial charge in [0.25, 0.3) is 0 Å². The maximum Gasteiger partial charge on any atom is 0.349 e. The van der Waals surface area contributed by atoms with Crippen molar-refractivity contribution >= 4 is 23.0 Å². The molecule has 0 aromatic rings. The fourth-order valence-electron chi connectivity index (χ4n) is 0.834. The molecule has 1 rings (SSSR count). The van der Waals surface area contributed by atoms with E-state index in [1.807, 2.05) is 0 Å². The summed E-state index contributed by atoms with van der Waals surface area (Å²) in [6, 6.07) is 0. The monoisotopic (exact) mass is 174 g/mol. The highest BCUT2D eigenvalue weighted by molar-refractivity contribution is 7.84. The van der Waals surface area contributed by atoms with Gasteiger partial charge < -0.3 is 4.58 Å². The van der Waals surface area contributed by atoms with E-state index in [1.165, 1.54) is 14.8 Å². The average Bonchev–Trinajstić information content (AvgIpc) is 2.11. The summed E-state index contributed by atoms with van der Waals surface area (Å²) in [5.74, 6) is 0. The average molecular weight is 174 g/mol. The Bertz CT molecular complexity index is 315. The first-order chi connectivity index (χ1) is 4.93. The number of rotatable bonds is 1. The molecule has 0 aromatic heterocycles. The molecule has 5 heteroatoms. The largest absolute Gasteiger partial charge is 0.434 e. The summed E-state index contributed by atoms with van der Waals surface area (Å²) < 4.78 is 24.7. The summed E-state index contributed by atoms with van der Waals surface area (Å²) in [5, 5.41) is 0. The van der Waals surface area contributed by atoms with Crippen molar-refractivity contribution in [2.45, 2.75) is 6.92 Å². The molecule has 0 aliphatic carbocycles. The van der Waals surface area contributed by atoms with Crippen LogP contribution in [0, 0.1) is 12.7 Å². The van der Waals surface area contributed by atoms with Crippen molar-refractivity contribution in [3.63, 3.8) is 0 Å². The molecule has 0 bridgehead atoms. The molecule has 0 saturated carbocycles. The van der Waals surface area contributed by atoms with Gasteiger partial charge in [-0.1, -0.05) is 6.72 Å². The van der Waals surface area contributed by atoms with Gasteiger partial charge in [-0.05, 0) is 6.92 Å². The molecule has 0 aromatic carbocycles. The number of nitrogens with zero attached hydrogens (tertiary/aromatic N) is 2. The van der Waals surface area contributed by atoms with E-state index in [2.05, 4.69) is 6.72 Å². The lowest BCUT2D eigenvalue weighted by molar-refractivity contribution is -0.583. The van der Waals surface area contributed by atoms with Crippen LogP contribution in [0.1, 0.15) is 6.92 Å². The Hall–Kier alpha value is -0.970. The first kappa shape index (κ1) is 8.13. The third kappa shape index (κ3) is 1.37. The van der Waals surface area contributed by atoms with Crippen molar-refractivity contribution in [1.29, 1.82) is 0 Å². The van der Waals surface area contributed by atoms with E-state index >= 15 is 0 Å². The van der Waals surface area contributed by atoms with E-state index in [0.29, 0.717) is 6.17 Å². The van der Waals surface area contributed by atoms with Crippen molar-refractivity contribution in [2.24, 2.45) is 0 Å². The molecule has 0 fully saturated rings. The fraction of sp³-hybridized carbons (Fsp3) is 0.333. The summed E-state index contributed by atoms with van der Waals surface area (Å²) in [6.07, 6.45) is 3.21. The minimum Gasteiger partial charge on any atom is -0.434 e. The molecule has 0 amide bonds. The molecule has 0 unspecified atom stereocenters. The molecule has 0 saturated heterocycles. The highest BCUT2D eigenvalue weighted by atomic mass is 32.2. The van der Waals surface area contributed by atoms with Gasteiger partial charge >= 0.3 is 10.0 Å². The van der Waals surface area contributed by atoms with Crippen LogP contribution >= 0.6 is 0 Å². The van der Waals surface area contributed by atoms with Gasteiger partial charge in [-0.3, -0.25) is 0 Å². The highest BCUT2D eigenvalue weighted by Gasteiger charge is 2.26. The predicted octanol–water partition coefficient (Wildman–Crippen LogP) is -0.573. The van der Waals surface area contributed by atoms with Gasteiger partial charge in [-0.2, -0.15) is 12.4 Å². The Kier molecular flexibility index (Phi) is 1.67. The quantitative estimate of drug-likeness (QED) is 0.394. The Morgan fingerprint density at radius 2 is 2.18 bits per heavy atom. The Morgan fingerprint density at radius 1 is 1.64 bits per heavy atom. The molecule has 4 nitrogen and oxygen atoms in total. The van der Waals surface area contributed by atoms with Gasteiger partial charge in [0.1, 0.15) is 6.21 Å². The van der Waals surface area contributed by atoms with Crippen LogP contribution in [0.5, 0.6) is 0 Å². The maximum absolute atomic E-state index is 11.0. The van der Waals surface area contributed by atoms with Crippen LogP contribution in [0.4, 0.5) is 0 Å². The Balaban J connectivity index is 3.03. The van der Waals surface area contributed by atoms with Crippen LogP contribution in [-0.2, 0) is 10.0 Å².